The van der Waals surface area contributed by atoms with Gasteiger partial charge in [0.2, 0.25) is 6.79 Å². The molecule has 0 saturated heterocycles. The molecule has 0 amide bonds. The van der Waals surface area contributed by atoms with Gasteiger partial charge in [-0.1, -0.05) is 12.1 Å². The second-order valence-corrected chi connectivity index (χ2v) is 5.63. The van der Waals surface area contributed by atoms with Crippen LogP contribution in [0.25, 0.3) is 0 Å². The number of benzene rings is 2. The van der Waals surface area contributed by atoms with E-state index in [0.717, 1.165) is 5.56 Å². The molecule has 1 N–H and O–H groups in total. The Labute approximate surface area is 145 Å². The Balaban J connectivity index is 1.87. The second kappa shape index (κ2) is 7.34. The Morgan fingerprint density at radius 2 is 1.96 bits per heavy atom. The first-order chi connectivity index (χ1) is 12.1. The molecule has 0 bridgehead atoms. The zero-order chi connectivity index (χ0) is 17.8. The zero-order valence-corrected chi connectivity index (χ0v) is 14.2. The fourth-order valence-electron chi connectivity index (χ4n) is 2.83. The van der Waals surface area contributed by atoms with Gasteiger partial charge in [-0.2, -0.15) is 0 Å². The molecule has 0 aromatic heterocycles. The minimum absolute atomic E-state index is 0.159. The van der Waals surface area contributed by atoms with Crippen molar-refractivity contribution in [2.24, 2.45) is 0 Å². The van der Waals surface area contributed by atoms with Gasteiger partial charge < -0.3 is 24.1 Å². The van der Waals surface area contributed by atoms with Crippen molar-refractivity contribution in [1.29, 1.82) is 0 Å². The number of carbonyl (C=O) groups is 1. The number of carboxylic acid groups (broad SMARTS) is 1. The van der Waals surface area contributed by atoms with E-state index in [-0.39, 0.29) is 6.79 Å². The minimum Gasteiger partial charge on any atom is -0.493 e. The molecule has 2 aromatic rings. The van der Waals surface area contributed by atoms with Gasteiger partial charge in [0.1, 0.15) is 0 Å². The Hall–Kier alpha value is -2.89. The monoisotopic (exact) mass is 344 g/mol. The number of hydrogen-bond acceptors (Lipinski definition) is 5. The standard InChI is InChI=1S/C19H20O6/c1-3-23-17-9-12(4-6-15(17)22-2)8-14(19(20)21)13-5-7-16-18(10-13)25-11-24-16/h4-7,9-10,14H,3,8,11H2,1-2H3,(H,20,21). The van der Waals surface area contributed by atoms with Crippen LogP contribution in [0.3, 0.4) is 0 Å². The molecule has 1 heterocycles. The third kappa shape index (κ3) is 3.63. The van der Waals surface area contributed by atoms with Crippen LogP contribution in [0.4, 0.5) is 0 Å². The highest BCUT2D eigenvalue weighted by atomic mass is 16.7. The topological polar surface area (TPSA) is 74.2 Å². The molecule has 3 rings (SSSR count). The van der Waals surface area contributed by atoms with Crippen LogP contribution >= 0.6 is 0 Å². The molecule has 2 aromatic carbocycles. The fraction of sp³-hybridized carbons (Fsp3) is 0.316. The summed E-state index contributed by atoms with van der Waals surface area (Å²) in [5.74, 6) is 0.854. The lowest BCUT2D eigenvalue weighted by molar-refractivity contribution is -0.138. The molecule has 0 fully saturated rings. The average Bonchev–Trinajstić information content (AvgIpc) is 3.07. The molecule has 1 aliphatic heterocycles. The molecule has 6 heteroatoms. The Bertz CT molecular complexity index is 771. The van der Waals surface area contributed by atoms with Crippen molar-refractivity contribution < 1.29 is 28.8 Å². The smallest absolute Gasteiger partial charge is 0.311 e. The van der Waals surface area contributed by atoms with E-state index in [1.165, 1.54) is 0 Å². The molecule has 0 spiro atoms. The van der Waals surface area contributed by atoms with Crippen LogP contribution in [0.15, 0.2) is 36.4 Å². The lowest BCUT2D eigenvalue weighted by Crippen LogP contribution is -2.14. The Kier molecular flexibility index (Phi) is 4.97. The van der Waals surface area contributed by atoms with E-state index in [1.807, 2.05) is 19.1 Å². The first kappa shape index (κ1) is 17.0. The maximum atomic E-state index is 11.8. The third-order valence-electron chi connectivity index (χ3n) is 4.06. The van der Waals surface area contributed by atoms with E-state index in [1.54, 1.807) is 31.4 Å². The Morgan fingerprint density at radius 3 is 2.68 bits per heavy atom. The SMILES string of the molecule is CCOc1cc(CC(C(=O)O)c2ccc3c(c2)OCO3)ccc1OC. The van der Waals surface area contributed by atoms with Crippen molar-refractivity contribution in [3.05, 3.63) is 47.5 Å². The van der Waals surface area contributed by atoms with E-state index in [4.69, 9.17) is 18.9 Å². The average molecular weight is 344 g/mol. The quantitative estimate of drug-likeness (QED) is 0.831. The van der Waals surface area contributed by atoms with Gasteiger partial charge >= 0.3 is 5.97 Å². The van der Waals surface area contributed by atoms with Crippen LogP contribution < -0.4 is 18.9 Å². The van der Waals surface area contributed by atoms with E-state index >= 15 is 0 Å². The van der Waals surface area contributed by atoms with Crippen molar-refractivity contribution in [2.45, 2.75) is 19.3 Å². The van der Waals surface area contributed by atoms with Gasteiger partial charge in [0.15, 0.2) is 23.0 Å². The summed E-state index contributed by atoms with van der Waals surface area (Å²) in [6.45, 7) is 2.55. The van der Waals surface area contributed by atoms with Crippen molar-refractivity contribution in [2.75, 3.05) is 20.5 Å². The Morgan fingerprint density at radius 1 is 1.16 bits per heavy atom. The highest BCUT2D eigenvalue weighted by Crippen LogP contribution is 2.36. The molecular formula is C19H20O6. The molecule has 132 valence electrons. The van der Waals surface area contributed by atoms with Crippen LogP contribution in [0, 0.1) is 0 Å². The molecule has 0 saturated carbocycles. The van der Waals surface area contributed by atoms with Gasteiger partial charge in [-0.3, -0.25) is 4.79 Å². The molecule has 6 nitrogen and oxygen atoms in total. The van der Waals surface area contributed by atoms with E-state index in [0.29, 0.717) is 41.6 Å². The molecule has 0 aliphatic carbocycles. The summed E-state index contributed by atoms with van der Waals surface area (Å²) >= 11 is 0. The van der Waals surface area contributed by atoms with Gasteiger partial charge in [-0.25, -0.2) is 0 Å². The van der Waals surface area contributed by atoms with Crippen molar-refractivity contribution in [3.63, 3.8) is 0 Å². The van der Waals surface area contributed by atoms with E-state index in [2.05, 4.69) is 0 Å². The molecule has 1 unspecified atom stereocenters. The zero-order valence-electron chi connectivity index (χ0n) is 14.2. The summed E-state index contributed by atoms with van der Waals surface area (Å²) in [6, 6.07) is 10.7. The van der Waals surface area contributed by atoms with Crippen LogP contribution in [0.1, 0.15) is 24.0 Å². The van der Waals surface area contributed by atoms with Crippen LogP contribution in [0.5, 0.6) is 23.0 Å². The van der Waals surface area contributed by atoms with Crippen molar-refractivity contribution >= 4 is 5.97 Å². The molecule has 25 heavy (non-hydrogen) atoms. The molecule has 1 atom stereocenters. The highest BCUT2D eigenvalue weighted by Gasteiger charge is 2.24. The lowest BCUT2D eigenvalue weighted by Gasteiger charge is -2.15. The van der Waals surface area contributed by atoms with Gasteiger partial charge in [0.05, 0.1) is 19.6 Å². The third-order valence-corrected chi connectivity index (χ3v) is 4.06. The number of ether oxygens (including phenoxy) is 4. The van der Waals surface area contributed by atoms with Gasteiger partial charge in [-0.15, -0.1) is 0 Å². The highest BCUT2D eigenvalue weighted by molar-refractivity contribution is 5.77. The number of hydrogen-bond donors (Lipinski definition) is 1. The van der Waals surface area contributed by atoms with Gasteiger partial charge in [0, 0.05) is 0 Å². The molecule has 1 aliphatic rings. The van der Waals surface area contributed by atoms with Crippen LogP contribution in [-0.4, -0.2) is 31.6 Å². The summed E-state index contributed by atoms with van der Waals surface area (Å²) in [5.41, 5.74) is 1.53. The molecular weight excluding hydrogens is 324 g/mol. The number of aliphatic carboxylic acids is 1. The summed E-state index contributed by atoms with van der Waals surface area (Å²) in [4.78, 5) is 11.8. The van der Waals surface area contributed by atoms with E-state index < -0.39 is 11.9 Å². The number of carboxylic acids is 1. The predicted octanol–water partition coefficient (Wildman–Crippen LogP) is 3.23. The lowest BCUT2D eigenvalue weighted by atomic mass is 9.91. The first-order valence-electron chi connectivity index (χ1n) is 8.04. The maximum Gasteiger partial charge on any atom is 0.311 e. The van der Waals surface area contributed by atoms with Gasteiger partial charge in [-0.05, 0) is 48.7 Å². The largest absolute Gasteiger partial charge is 0.493 e. The van der Waals surface area contributed by atoms with Crippen molar-refractivity contribution in [3.8, 4) is 23.0 Å². The minimum atomic E-state index is -0.896. The predicted molar refractivity (Wildman–Crippen MR) is 90.8 cm³/mol. The van der Waals surface area contributed by atoms with Crippen LogP contribution in [0.2, 0.25) is 0 Å². The normalized spacial score (nSPS) is 13.4. The number of fused-ring (bicyclic) bond motifs is 1. The summed E-state index contributed by atoms with van der Waals surface area (Å²) in [7, 11) is 1.57. The molecule has 0 radical (unpaired) electrons. The van der Waals surface area contributed by atoms with Gasteiger partial charge in [0.25, 0.3) is 0 Å². The first-order valence-corrected chi connectivity index (χ1v) is 8.04. The number of rotatable bonds is 7. The second-order valence-electron chi connectivity index (χ2n) is 5.63. The van der Waals surface area contributed by atoms with Crippen molar-refractivity contribution in [1.82, 2.24) is 0 Å². The summed E-state index contributed by atoms with van der Waals surface area (Å²) in [6.07, 6.45) is 0.332. The summed E-state index contributed by atoms with van der Waals surface area (Å²) < 4.78 is 21.5. The maximum absolute atomic E-state index is 11.8. The van der Waals surface area contributed by atoms with E-state index in [9.17, 15) is 9.90 Å². The number of methoxy groups -OCH3 is 1. The van der Waals surface area contributed by atoms with Crippen LogP contribution in [-0.2, 0) is 11.2 Å². The fourth-order valence-corrected chi connectivity index (χ4v) is 2.83. The summed E-state index contributed by atoms with van der Waals surface area (Å²) in [5, 5.41) is 9.68.